The minimum Gasteiger partial charge on any atom is -0.430 e. The van der Waals surface area contributed by atoms with Crippen LogP contribution in [0.2, 0.25) is 0 Å². The molecule has 34 nitrogen and oxygen atoms in total. The fraction of sp³-hybridized carbons (Fsp3) is 0.954. The molecule has 568 valence electrons. The van der Waals surface area contributed by atoms with Gasteiger partial charge in [0.1, 0.15) is 140 Å². The fourth-order valence-corrected chi connectivity index (χ4v) is 19.3. The van der Waals surface area contributed by atoms with Gasteiger partial charge in [0.05, 0.1) is 63.4 Å². The number of hydrogen-bond donors (Lipinski definition) is 19. The lowest BCUT2D eigenvalue weighted by molar-refractivity contribution is -0.414. The summed E-state index contributed by atoms with van der Waals surface area (Å²) in [6.45, 7) is 9.17. The first-order chi connectivity index (χ1) is 46.6. The number of carbonyl (C=O) groups excluding carboxylic acids is 1. The second-order valence-corrected chi connectivity index (χ2v) is 30.8. The summed E-state index contributed by atoms with van der Waals surface area (Å²) in [6, 6.07) is 0. The first kappa shape index (κ1) is 76.6. The van der Waals surface area contributed by atoms with E-state index in [-0.39, 0.29) is 23.9 Å². The van der Waals surface area contributed by atoms with Gasteiger partial charge in [-0.25, -0.2) is 0 Å². The third kappa shape index (κ3) is 12.4. The maximum absolute atomic E-state index is 12.9. The van der Waals surface area contributed by atoms with Crippen molar-refractivity contribution in [1.82, 2.24) is 0 Å². The molecule has 8 saturated heterocycles. The van der Waals surface area contributed by atoms with Crippen LogP contribution in [0.3, 0.4) is 0 Å². The highest BCUT2D eigenvalue weighted by molar-refractivity contribution is 5.76. The Morgan fingerprint density at radius 3 is 1.63 bits per heavy atom. The SMILES string of the molecule is C[C@@H]1O[C@@H](O[C@H]2[C@H](O[C@H]3[C@H](OC[C@H]4O[C@@H](O[C@H]5CC[C@]6(C)C7=C(CC[C@H]6[C@@]5(C)CO)[C@]5(C)CC[C@@]6(O[C@@]8(C[C@H]6C)OC(=O)[C@H](C)[C@@H]8O)[C@@]5(C)CC7)[C@H](O)[C@@H](O)[C@@H]4O)OC[C@H](O)[C@@H]3O)O[C@H](CO)[C@@H](O)[C@@H]2O[C@@H]2O[C@H](CO)[C@H](O)[C@H](O)[C@H]2O[C@@H]2O[C@H](CO)[C@@H](O)[C@H](O)[C@H]2O)[C@H](O)[C@H](O)[C@H]1O. The summed E-state index contributed by atoms with van der Waals surface area (Å²) in [5, 5.41) is 211. The van der Waals surface area contributed by atoms with E-state index in [2.05, 4.69) is 27.7 Å². The number of esters is 1. The molecular formula is C65H104O34. The van der Waals surface area contributed by atoms with Crippen molar-refractivity contribution in [2.45, 2.75) is 308 Å². The second kappa shape index (κ2) is 28.6. The normalized spacial score (nSPS) is 56.2. The van der Waals surface area contributed by atoms with E-state index >= 15 is 0 Å². The Morgan fingerprint density at radius 1 is 0.485 bits per heavy atom. The van der Waals surface area contributed by atoms with Gasteiger partial charge >= 0.3 is 5.97 Å². The van der Waals surface area contributed by atoms with Gasteiger partial charge in [-0.15, -0.1) is 0 Å². The number of rotatable bonds is 17. The largest absolute Gasteiger partial charge is 0.430 e. The molecule has 40 atom stereocenters. The van der Waals surface area contributed by atoms with Crippen LogP contribution in [0, 0.1) is 39.4 Å². The molecule has 10 fully saturated rings. The van der Waals surface area contributed by atoms with Gasteiger partial charge in [0.15, 0.2) is 37.7 Å². The smallest absolute Gasteiger partial charge is 0.314 e. The Morgan fingerprint density at radius 2 is 1.01 bits per heavy atom. The molecule has 8 aliphatic heterocycles. The summed E-state index contributed by atoms with van der Waals surface area (Å²) in [5.41, 5.74) is -0.0884. The zero-order valence-corrected chi connectivity index (χ0v) is 56.4. The van der Waals surface area contributed by atoms with Crippen LogP contribution in [-0.2, 0) is 71.1 Å². The highest BCUT2D eigenvalue weighted by atomic mass is 16.8. The number of aliphatic hydroxyl groups is 19. The maximum Gasteiger partial charge on any atom is 0.314 e. The molecule has 0 aromatic heterocycles. The predicted molar refractivity (Wildman–Crippen MR) is 323 cm³/mol. The monoisotopic (exact) mass is 1430 g/mol. The van der Waals surface area contributed by atoms with Gasteiger partial charge in [-0.1, -0.05) is 45.8 Å². The Kier molecular flexibility index (Phi) is 22.1. The summed E-state index contributed by atoms with van der Waals surface area (Å²) in [6.07, 6.45) is -51.7. The molecule has 2 spiro atoms. The van der Waals surface area contributed by atoms with Crippen molar-refractivity contribution in [3.05, 3.63) is 11.1 Å². The topological polar surface area (TPSA) is 531 Å². The number of aliphatic hydroxyl groups excluding tert-OH is 19. The summed E-state index contributed by atoms with van der Waals surface area (Å²) in [7, 11) is 0. The van der Waals surface area contributed by atoms with Crippen molar-refractivity contribution in [2.75, 3.05) is 39.6 Å². The Bertz CT molecular complexity index is 2850. The summed E-state index contributed by atoms with van der Waals surface area (Å²) in [4.78, 5) is 12.9. The van der Waals surface area contributed by atoms with Crippen LogP contribution in [0.1, 0.15) is 106 Å². The Hall–Kier alpha value is -2.07. The highest BCUT2D eigenvalue weighted by Gasteiger charge is 2.76. The van der Waals surface area contributed by atoms with Crippen LogP contribution in [0.5, 0.6) is 0 Å². The van der Waals surface area contributed by atoms with Crippen LogP contribution in [-0.4, -0.2) is 344 Å². The van der Waals surface area contributed by atoms with E-state index in [0.717, 1.165) is 19.3 Å². The third-order valence-corrected chi connectivity index (χ3v) is 25.6. The van der Waals surface area contributed by atoms with Gasteiger partial charge < -0.3 is 163 Å². The van der Waals surface area contributed by atoms with E-state index < -0.39 is 263 Å². The van der Waals surface area contributed by atoms with Crippen molar-refractivity contribution in [1.29, 1.82) is 0 Å². The van der Waals surface area contributed by atoms with Crippen molar-refractivity contribution < 1.29 is 168 Å². The Balaban J connectivity index is 0.771. The van der Waals surface area contributed by atoms with E-state index in [1.807, 2.05) is 6.92 Å². The average molecular weight is 1430 g/mol. The zero-order chi connectivity index (χ0) is 71.9. The maximum atomic E-state index is 12.9. The lowest BCUT2D eigenvalue weighted by Crippen LogP contribution is -2.69. The molecule has 0 aromatic carbocycles. The second-order valence-electron chi connectivity index (χ2n) is 30.8. The molecule has 2 saturated carbocycles. The number of allylic oxidation sites excluding steroid dienone is 2. The van der Waals surface area contributed by atoms with Gasteiger partial charge in [-0.3, -0.25) is 4.79 Å². The van der Waals surface area contributed by atoms with E-state index in [1.54, 1.807) is 6.92 Å². The van der Waals surface area contributed by atoms with Crippen molar-refractivity contribution in [3.63, 3.8) is 0 Å². The van der Waals surface area contributed by atoms with Crippen LogP contribution in [0.15, 0.2) is 11.1 Å². The molecule has 0 bridgehead atoms. The molecule has 0 aromatic rings. The number of ether oxygens (including phenoxy) is 14. The average Bonchev–Trinajstić information content (AvgIpc) is 1.52. The van der Waals surface area contributed by atoms with E-state index in [4.69, 9.17) is 66.3 Å². The molecule has 12 rings (SSSR count). The Labute approximate surface area is 570 Å². The van der Waals surface area contributed by atoms with E-state index in [9.17, 15) is 102 Å². The van der Waals surface area contributed by atoms with Crippen molar-refractivity contribution in [3.8, 4) is 0 Å². The van der Waals surface area contributed by atoms with Gasteiger partial charge in [0.25, 0.3) is 0 Å². The molecular weight excluding hydrogens is 1320 g/mol. The van der Waals surface area contributed by atoms with E-state index in [0.29, 0.717) is 38.5 Å². The van der Waals surface area contributed by atoms with Gasteiger partial charge in [0.2, 0.25) is 5.79 Å². The number of fused-ring (bicyclic) bond motifs is 5. The molecule has 99 heavy (non-hydrogen) atoms. The standard InChI is InChI=1S/C65H104O34/c1-23-16-65(52(84)24(2)53(85)98-65)99-64(23)15-14-62(6)27-8-9-33-60(4,26(27)10-13-63(62,64)7)12-11-34(61(33,5)22-69)93-55-46(82)43(79)39(75)32(92-55)21-87-57-49(36(72)28(70)20-86-57)96-59-51(97-54-45(81)41(77)35(71)25(3)88-54)48(40(76)31(19-68)91-59)94-58-50(44(80)38(74)30(18-67)90-58)95-56-47(83)42(78)37(73)29(17-66)89-56/h23-25,28-52,54-59,66-84H,8-22H2,1-7H3/t23-,24-,25+,28+,29-,30-,31-,32-,33-,34+,35+,36+,37-,38+,39-,40-,41-,42+,43+,44+,45-,46-,47-,48+,49-,50-,51-,52+,54+,55+,56+,57+,58+,59+,60-,61-,62+,63+,64+,65-/m1/s1. The molecule has 0 unspecified atom stereocenters. The van der Waals surface area contributed by atoms with Gasteiger partial charge in [-0.2, -0.15) is 0 Å². The first-order valence-corrected chi connectivity index (χ1v) is 34.7. The summed E-state index contributed by atoms with van der Waals surface area (Å²) >= 11 is 0. The first-order valence-electron chi connectivity index (χ1n) is 34.7. The molecule has 4 aliphatic carbocycles. The molecule has 0 amide bonds. The van der Waals surface area contributed by atoms with Crippen LogP contribution in [0.25, 0.3) is 0 Å². The summed E-state index contributed by atoms with van der Waals surface area (Å²) < 4.78 is 85.8. The predicted octanol–water partition coefficient (Wildman–Crippen LogP) is -6.89. The third-order valence-electron chi connectivity index (χ3n) is 25.6. The van der Waals surface area contributed by atoms with Crippen LogP contribution in [0.4, 0.5) is 0 Å². The highest BCUT2D eigenvalue weighted by Crippen LogP contribution is 2.76. The van der Waals surface area contributed by atoms with Crippen molar-refractivity contribution in [2.24, 2.45) is 39.4 Å². The van der Waals surface area contributed by atoms with Crippen LogP contribution >= 0.6 is 0 Å². The zero-order valence-electron chi connectivity index (χ0n) is 56.4. The molecule has 12 aliphatic rings. The minimum atomic E-state index is -2.16. The van der Waals surface area contributed by atoms with Crippen molar-refractivity contribution >= 4 is 5.97 Å². The molecule has 0 radical (unpaired) electrons. The molecule has 34 heteroatoms. The summed E-state index contributed by atoms with van der Waals surface area (Å²) in [5.74, 6) is -2.80. The minimum absolute atomic E-state index is 0.0290. The van der Waals surface area contributed by atoms with Gasteiger partial charge in [-0.05, 0) is 87.9 Å². The van der Waals surface area contributed by atoms with Gasteiger partial charge in [0, 0.05) is 17.3 Å². The molecule has 19 N–H and O–H groups in total. The van der Waals surface area contributed by atoms with Crippen LogP contribution < -0.4 is 0 Å². The lowest BCUT2D eigenvalue weighted by Gasteiger charge is -2.63. The number of carbonyl (C=O) groups is 1. The fourth-order valence-electron chi connectivity index (χ4n) is 19.3. The number of hydrogen-bond acceptors (Lipinski definition) is 34. The molecule has 8 heterocycles. The quantitative estimate of drug-likeness (QED) is 0.0475. The van der Waals surface area contributed by atoms with E-state index in [1.165, 1.54) is 18.1 Å². The lowest BCUT2D eigenvalue weighted by atomic mass is 9.42.